The minimum Gasteiger partial charge on any atom is -0.350 e. The highest BCUT2D eigenvalue weighted by Crippen LogP contribution is 2.33. The molecule has 0 radical (unpaired) electrons. The molecule has 94 valence electrons. The summed E-state index contributed by atoms with van der Waals surface area (Å²) in [6.07, 6.45) is 3.80. The average molecular weight is 233 g/mol. The van der Waals surface area contributed by atoms with Crippen LogP contribution in [-0.4, -0.2) is 11.9 Å². The normalized spacial score (nSPS) is 15.5. The maximum atomic E-state index is 11.7. The molecule has 0 spiro atoms. The number of benzene rings is 1. The van der Waals surface area contributed by atoms with E-state index in [1.54, 1.807) is 0 Å². The van der Waals surface area contributed by atoms with E-state index in [4.69, 9.17) is 0 Å². The van der Waals surface area contributed by atoms with Gasteiger partial charge in [0.05, 0.1) is 0 Å². The largest absolute Gasteiger partial charge is 0.350 e. The van der Waals surface area contributed by atoms with Crippen molar-refractivity contribution in [1.82, 2.24) is 5.32 Å². The van der Waals surface area contributed by atoms with Gasteiger partial charge in [-0.05, 0) is 31.4 Å². The third-order valence-electron chi connectivity index (χ3n) is 2.80. The predicted molar refractivity (Wildman–Crippen MR) is 72.1 cm³/mol. The van der Waals surface area contributed by atoms with Crippen LogP contribution in [-0.2, 0) is 0 Å². The molecule has 0 heterocycles. The Hall–Kier alpha value is -1.31. The van der Waals surface area contributed by atoms with Crippen molar-refractivity contribution in [3.05, 3.63) is 35.9 Å². The summed E-state index contributed by atoms with van der Waals surface area (Å²) in [5.41, 5.74) is 0.750. The lowest BCUT2D eigenvalue weighted by Gasteiger charge is -2.13. The molecule has 1 saturated carbocycles. The van der Waals surface area contributed by atoms with Crippen molar-refractivity contribution in [1.29, 1.82) is 0 Å². The number of carbonyl (C=O) groups excluding carboxylic acids is 1. The zero-order valence-electron chi connectivity index (χ0n) is 11.1. The van der Waals surface area contributed by atoms with Crippen LogP contribution in [0.4, 0.5) is 0 Å². The first-order valence-corrected chi connectivity index (χ1v) is 6.61. The first-order valence-electron chi connectivity index (χ1n) is 6.61. The summed E-state index contributed by atoms with van der Waals surface area (Å²) in [6, 6.07) is 9.69. The van der Waals surface area contributed by atoms with E-state index in [1.807, 2.05) is 44.2 Å². The minimum atomic E-state index is 0.0451. The van der Waals surface area contributed by atoms with Crippen LogP contribution >= 0.6 is 0 Å². The van der Waals surface area contributed by atoms with Crippen molar-refractivity contribution < 1.29 is 4.79 Å². The zero-order valence-corrected chi connectivity index (χ0v) is 11.1. The van der Waals surface area contributed by atoms with Crippen LogP contribution in [0.3, 0.4) is 0 Å². The summed E-state index contributed by atoms with van der Waals surface area (Å²) in [5.74, 6) is 0.903. The Labute approximate surface area is 104 Å². The van der Waals surface area contributed by atoms with Gasteiger partial charge in [0.2, 0.25) is 0 Å². The van der Waals surface area contributed by atoms with Gasteiger partial charge in [-0.1, -0.05) is 44.9 Å². The van der Waals surface area contributed by atoms with E-state index in [0.29, 0.717) is 6.04 Å². The molecule has 1 amide bonds. The lowest BCUT2D eigenvalue weighted by Crippen LogP contribution is -2.32. The fourth-order valence-electron chi connectivity index (χ4n) is 1.81. The van der Waals surface area contributed by atoms with Crippen molar-refractivity contribution in [3.8, 4) is 0 Å². The second-order valence-electron chi connectivity index (χ2n) is 4.42. The summed E-state index contributed by atoms with van der Waals surface area (Å²) in [7, 11) is 0. The third-order valence-corrected chi connectivity index (χ3v) is 2.80. The molecular formula is C15H23NO. The number of carbonyl (C=O) groups is 1. The monoisotopic (exact) mass is 233 g/mol. The topological polar surface area (TPSA) is 29.1 Å². The third kappa shape index (κ3) is 5.03. The number of nitrogens with one attached hydrogen (secondary N) is 1. The number of hydrogen-bond donors (Lipinski definition) is 1. The number of hydrogen-bond acceptors (Lipinski definition) is 1. The number of rotatable bonds is 4. The molecule has 0 aliphatic heterocycles. The fourth-order valence-corrected chi connectivity index (χ4v) is 1.81. The van der Waals surface area contributed by atoms with Crippen molar-refractivity contribution >= 4 is 5.91 Å². The molecule has 17 heavy (non-hydrogen) atoms. The van der Waals surface area contributed by atoms with Crippen LogP contribution in [0, 0.1) is 5.92 Å². The molecule has 1 atom stereocenters. The van der Waals surface area contributed by atoms with E-state index in [9.17, 15) is 4.79 Å². The molecule has 1 aliphatic carbocycles. The Morgan fingerprint density at radius 1 is 1.29 bits per heavy atom. The van der Waals surface area contributed by atoms with Crippen LogP contribution in [0.5, 0.6) is 0 Å². The highest BCUT2D eigenvalue weighted by atomic mass is 16.1. The van der Waals surface area contributed by atoms with Gasteiger partial charge in [-0.15, -0.1) is 0 Å². The van der Waals surface area contributed by atoms with Gasteiger partial charge in [-0.2, -0.15) is 0 Å². The van der Waals surface area contributed by atoms with Gasteiger partial charge in [0.15, 0.2) is 0 Å². The first kappa shape index (κ1) is 13.8. The lowest BCUT2D eigenvalue weighted by molar-refractivity contribution is 0.0937. The van der Waals surface area contributed by atoms with Crippen LogP contribution in [0.2, 0.25) is 0 Å². The van der Waals surface area contributed by atoms with Crippen molar-refractivity contribution in [2.75, 3.05) is 0 Å². The van der Waals surface area contributed by atoms with Gasteiger partial charge in [-0.3, -0.25) is 4.79 Å². The highest BCUT2D eigenvalue weighted by Gasteiger charge is 2.24. The fraction of sp³-hybridized carbons (Fsp3) is 0.533. The molecule has 1 aliphatic rings. The van der Waals surface area contributed by atoms with Crippen molar-refractivity contribution in [2.45, 2.75) is 46.1 Å². The van der Waals surface area contributed by atoms with Crippen LogP contribution in [0.25, 0.3) is 0 Å². The Morgan fingerprint density at radius 2 is 1.88 bits per heavy atom. The maximum absolute atomic E-state index is 11.7. The quantitative estimate of drug-likeness (QED) is 0.845. The summed E-state index contributed by atoms with van der Waals surface area (Å²) in [6.45, 7) is 6.08. The summed E-state index contributed by atoms with van der Waals surface area (Å²) < 4.78 is 0. The van der Waals surface area contributed by atoms with Crippen LogP contribution in [0.1, 0.15) is 50.4 Å². The summed E-state index contributed by atoms with van der Waals surface area (Å²) in [5, 5.41) is 3.03. The van der Waals surface area contributed by atoms with Crippen molar-refractivity contribution in [3.63, 3.8) is 0 Å². The molecule has 0 bridgehead atoms. The molecule has 1 fully saturated rings. The molecule has 1 aromatic rings. The Bertz CT molecular complexity index is 330. The van der Waals surface area contributed by atoms with Gasteiger partial charge < -0.3 is 5.32 Å². The maximum Gasteiger partial charge on any atom is 0.251 e. The summed E-state index contributed by atoms with van der Waals surface area (Å²) >= 11 is 0. The molecule has 0 aromatic heterocycles. The molecule has 2 rings (SSSR count). The molecule has 1 unspecified atom stereocenters. The van der Waals surface area contributed by atoms with E-state index < -0.39 is 0 Å². The second kappa shape index (κ2) is 7.10. The molecule has 1 N–H and O–H groups in total. The van der Waals surface area contributed by atoms with Gasteiger partial charge in [0, 0.05) is 11.6 Å². The van der Waals surface area contributed by atoms with E-state index >= 15 is 0 Å². The van der Waals surface area contributed by atoms with E-state index in [2.05, 4.69) is 12.2 Å². The Morgan fingerprint density at radius 3 is 2.41 bits per heavy atom. The van der Waals surface area contributed by atoms with Gasteiger partial charge in [0.25, 0.3) is 5.91 Å². The molecule has 2 heteroatoms. The summed E-state index contributed by atoms with van der Waals surface area (Å²) in [4.78, 5) is 11.7. The van der Waals surface area contributed by atoms with E-state index in [-0.39, 0.29) is 5.91 Å². The highest BCUT2D eigenvalue weighted by molar-refractivity contribution is 5.94. The lowest BCUT2D eigenvalue weighted by atomic mass is 10.1. The Balaban J connectivity index is 0.000000686. The molecular weight excluding hydrogens is 210 g/mol. The van der Waals surface area contributed by atoms with Crippen molar-refractivity contribution in [2.24, 2.45) is 5.92 Å². The second-order valence-corrected chi connectivity index (χ2v) is 4.42. The van der Waals surface area contributed by atoms with Gasteiger partial charge in [0.1, 0.15) is 0 Å². The molecule has 0 saturated heterocycles. The van der Waals surface area contributed by atoms with E-state index in [0.717, 1.165) is 17.9 Å². The van der Waals surface area contributed by atoms with Crippen LogP contribution < -0.4 is 5.32 Å². The molecule has 1 aromatic carbocycles. The first-order chi connectivity index (χ1) is 8.25. The van der Waals surface area contributed by atoms with E-state index in [1.165, 1.54) is 12.8 Å². The smallest absolute Gasteiger partial charge is 0.251 e. The van der Waals surface area contributed by atoms with Gasteiger partial charge in [-0.25, -0.2) is 0 Å². The van der Waals surface area contributed by atoms with Crippen LogP contribution in [0.15, 0.2) is 30.3 Å². The SMILES string of the molecule is CC.CC(CC1CC1)NC(=O)c1ccccc1. The average Bonchev–Trinajstić information content (AvgIpc) is 3.16. The molecule has 2 nitrogen and oxygen atoms in total. The number of amides is 1. The standard InChI is InChI=1S/C13H17NO.C2H6/c1-10(9-11-7-8-11)14-13(15)12-5-3-2-4-6-12;1-2/h2-6,10-11H,7-9H2,1H3,(H,14,15);1-2H3. The minimum absolute atomic E-state index is 0.0451. The zero-order chi connectivity index (χ0) is 12.7. The Kier molecular flexibility index (Phi) is 5.75. The van der Waals surface area contributed by atoms with Gasteiger partial charge >= 0.3 is 0 Å². The predicted octanol–water partition coefficient (Wildman–Crippen LogP) is 3.63.